The number of carbonyl (C=O) groups is 5. The largest absolute Gasteiger partial charge is 0.481 e. The third-order valence-corrected chi connectivity index (χ3v) is 6.14. The number of amides is 3. The lowest BCUT2D eigenvalue weighted by Crippen LogP contribution is -2.57. The van der Waals surface area contributed by atoms with Crippen molar-refractivity contribution in [3.8, 4) is 0 Å². The van der Waals surface area contributed by atoms with E-state index in [0.29, 0.717) is 24.4 Å². The molecule has 0 radical (unpaired) electrons. The van der Waals surface area contributed by atoms with Crippen LogP contribution in [0, 0.1) is 0 Å². The Balaban J connectivity index is 2.11. The first-order valence-electron chi connectivity index (χ1n) is 11.3. The van der Waals surface area contributed by atoms with Crippen LogP contribution in [0.3, 0.4) is 0 Å². The van der Waals surface area contributed by atoms with Gasteiger partial charge in [-0.15, -0.1) is 0 Å². The van der Waals surface area contributed by atoms with Crippen molar-refractivity contribution in [2.24, 2.45) is 0 Å². The second-order valence-corrected chi connectivity index (χ2v) is 9.15. The summed E-state index contributed by atoms with van der Waals surface area (Å²) in [7, 11) is 0. The third kappa shape index (κ3) is 9.56. The van der Waals surface area contributed by atoms with Gasteiger partial charge in [-0.25, -0.2) is 9.78 Å². The highest BCUT2D eigenvalue weighted by Crippen LogP contribution is 2.08. The molecule has 2 heterocycles. The molecule has 1 aliphatic rings. The lowest BCUT2D eigenvalue weighted by molar-refractivity contribution is -0.143. The van der Waals surface area contributed by atoms with Crippen LogP contribution >= 0.6 is 11.8 Å². The number of rotatable bonds is 15. The van der Waals surface area contributed by atoms with Crippen LogP contribution in [-0.4, -0.2) is 92.6 Å². The maximum Gasteiger partial charge on any atom is 0.326 e. The molecular formula is C21H32N6O7S. The fourth-order valence-electron chi connectivity index (χ4n) is 3.58. The van der Waals surface area contributed by atoms with Gasteiger partial charge < -0.3 is 36.5 Å². The molecule has 3 amide bonds. The number of nitrogens with one attached hydrogen (secondary N) is 5. The quantitative estimate of drug-likeness (QED) is 0.150. The van der Waals surface area contributed by atoms with E-state index in [1.54, 1.807) is 0 Å². The minimum Gasteiger partial charge on any atom is -0.481 e. The number of nitrogens with zero attached hydrogens (tertiary/aromatic N) is 1. The predicted octanol–water partition coefficient (Wildman–Crippen LogP) is -1.14. The Morgan fingerprint density at radius 1 is 1.09 bits per heavy atom. The van der Waals surface area contributed by atoms with Gasteiger partial charge in [-0.05, 0) is 44.2 Å². The monoisotopic (exact) mass is 512 g/mol. The van der Waals surface area contributed by atoms with E-state index >= 15 is 0 Å². The molecule has 1 fully saturated rings. The van der Waals surface area contributed by atoms with Crippen LogP contribution in [0.4, 0.5) is 0 Å². The van der Waals surface area contributed by atoms with Crippen molar-refractivity contribution in [1.29, 1.82) is 0 Å². The normalized spacial score (nSPS) is 17.7. The van der Waals surface area contributed by atoms with Gasteiger partial charge >= 0.3 is 11.9 Å². The number of thioether (sulfide) groups is 1. The first kappa shape index (κ1) is 28.1. The van der Waals surface area contributed by atoms with E-state index in [1.165, 1.54) is 24.3 Å². The molecule has 7 N–H and O–H groups in total. The lowest BCUT2D eigenvalue weighted by Gasteiger charge is -2.25. The molecule has 0 saturated carbocycles. The van der Waals surface area contributed by atoms with Crippen molar-refractivity contribution >= 4 is 41.4 Å². The van der Waals surface area contributed by atoms with Crippen molar-refractivity contribution in [2.45, 2.75) is 62.7 Å². The highest BCUT2D eigenvalue weighted by molar-refractivity contribution is 7.98. The number of aromatic nitrogens is 2. The number of hydrogen-bond donors (Lipinski definition) is 7. The van der Waals surface area contributed by atoms with Gasteiger partial charge in [0.15, 0.2) is 0 Å². The zero-order chi connectivity index (χ0) is 25.8. The molecule has 0 bridgehead atoms. The fraction of sp³-hybridized carbons (Fsp3) is 0.619. The van der Waals surface area contributed by atoms with Crippen LogP contribution in [0.25, 0.3) is 0 Å². The van der Waals surface area contributed by atoms with E-state index in [0.717, 1.165) is 6.42 Å². The fourth-order valence-corrected chi connectivity index (χ4v) is 4.05. The van der Waals surface area contributed by atoms with Gasteiger partial charge in [-0.2, -0.15) is 11.8 Å². The van der Waals surface area contributed by atoms with E-state index in [9.17, 15) is 29.1 Å². The first-order valence-corrected chi connectivity index (χ1v) is 12.7. The van der Waals surface area contributed by atoms with Crippen molar-refractivity contribution in [1.82, 2.24) is 31.2 Å². The average molecular weight is 513 g/mol. The molecule has 0 spiro atoms. The minimum absolute atomic E-state index is 0.109. The molecule has 1 aromatic heterocycles. The molecule has 14 heteroatoms. The van der Waals surface area contributed by atoms with Gasteiger partial charge in [0.2, 0.25) is 17.7 Å². The number of aromatic amines is 1. The maximum absolute atomic E-state index is 13.2. The molecule has 2 rings (SSSR count). The molecule has 1 saturated heterocycles. The summed E-state index contributed by atoms with van der Waals surface area (Å²) >= 11 is 1.44. The molecule has 0 aliphatic carbocycles. The van der Waals surface area contributed by atoms with Crippen molar-refractivity contribution in [2.75, 3.05) is 18.6 Å². The van der Waals surface area contributed by atoms with Gasteiger partial charge in [-0.1, -0.05) is 0 Å². The zero-order valence-corrected chi connectivity index (χ0v) is 20.2. The average Bonchev–Trinajstić information content (AvgIpc) is 3.52. The summed E-state index contributed by atoms with van der Waals surface area (Å²) in [5.74, 6) is -3.74. The van der Waals surface area contributed by atoms with Crippen LogP contribution in [0.15, 0.2) is 12.5 Å². The van der Waals surface area contributed by atoms with Gasteiger partial charge in [0.25, 0.3) is 0 Å². The summed E-state index contributed by atoms with van der Waals surface area (Å²) < 4.78 is 0. The molecule has 194 valence electrons. The van der Waals surface area contributed by atoms with E-state index in [1.807, 2.05) is 6.26 Å². The summed E-state index contributed by atoms with van der Waals surface area (Å²) in [6.45, 7) is 0.707. The number of hydrogen-bond acceptors (Lipinski definition) is 8. The Hall–Kier alpha value is -3.13. The lowest BCUT2D eigenvalue weighted by atomic mass is 10.1. The van der Waals surface area contributed by atoms with Crippen LogP contribution in [0.5, 0.6) is 0 Å². The summed E-state index contributed by atoms with van der Waals surface area (Å²) in [4.78, 5) is 67.8. The number of H-pyrrole nitrogens is 1. The Kier molecular flexibility index (Phi) is 11.5. The first-order chi connectivity index (χ1) is 16.7. The van der Waals surface area contributed by atoms with Gasteiger partial charge in [0.1, 0.15) is 18.1 Å². The van der Waals surface area contributed by atoms with Gasteiger partial charge in [0.05, 0.1) is 12.4 Å². The smallest absolute Gasteiger partial charge is 0.326 e. The second-order valence-electron chi connectivity index (χ2n) is 8.17. The number of imidazole rings is 1. The zero-order valence-electron chi connectivity index (χ0n) is 19.4. The maximum atomic E-state index is 13.2. The standard InChI is InChI=1S/C21H32N6O7S/c1-35-8-6-14(19(31)26-15(21(33)34)4-5-17(28)29)25-20(32)16(9-12-10-22-11-24-12)27-18(30)13-3-2-7-23-13/h10-11,13-16,23H,2-9H2,1H3,(H,22,24)(H,25,32)(H,26,31)(H,27,30)(H,28,29)(H,33,34). The third-order valence-electron chi connectivity index (χ3n) is 5.49. The second kappa shape index (κ2) is 14.3. The summed E-state index contributed by atoms with van der Waals surface area (Å²) in [6, 6.07) is -3.90. The van der Waals surface area contributed by atoms with E-state index in [2.05, 4.69) is 31.2 Å². The van der Waals surface area contributed by atoms with Crippen LogP contribution in [0.1, 0.15) is 37.8 Å². The molecular weight excluding hydrogens is 480 g/mol. The Morgan fingerprint density at radius 2 is 1.80 bits per heavy atom. The topological polar surface area (TPSA) is 203 Å². The minimum atomic E-state index is -1.42. The number of carboxylic acids is 2. The van der Waals surface area contributed by atoms with Gasteiger partial charge in [-0.3, -0.25) is 19.2 Å². The Morgan fingerprint density at radius 3 is 2.37 bits per heavy atom. The molecule has 35 heavy (non-hydrogen) atoms. The highest BCUT2D eigenvalue weighted by atomic mass is 32.2. The van der Waals surface area contributed by atoms with Gasteiger partial charge in [0, 0.05) is 24.7 Å². The number of carboxylic acid groups (broad SMARTS) is 2. The van der Waals surface area contributed by atoms with E-state index in [4.69, 9.17) is 5.11 Å². The number of aliphatic carboxylic acids is 2. The molecule has 0 aromatic carbocycles. The molecule has 4 unspecified atom stereocenters. The summed E-state index contributed by atoms with van der Waals surface area (Å²) in [5, 5.41) is 28.9. The summed E-state index contributed by atoms with van der Waals surface area (Å²) in [6.07, 6.45) is 5.87. The molecule has 1 aromatic rings. The molecule has 1 aliphatic heterocycles. The molecule has 4 atom stereocenters. The van der Waals surface area contributed by atoms with Crippen LogP contribution < -0.4 is 21.3 Å². The SMILES string of the molecule is CSCCC(NC(=O)C(Cc1cnc[nH]1)NC(=O)C1CCCN1)C(=O)NC(CCC(=O)O)C(=O)O. The van der Waals surface area contributed by atoms with Crippen LogP contribution in [-0.2, 0) is 30.4 Å². The van der Waals surface area contributed by atoms with Crippen molar-refractivity contribution in [3.05, 3.63) is 18.2 Å². The van der Waals surface area contributed by atoms with E-state index in [-0.39, 0.29) is 25.2 Å². The van der Waals surface area contributed by atoms with Crippen LogP contribution in [0.2, 0.25) is 0 Å². The van der Waals surface area contributed by atoms with E-state index < -0.39 is 54.3 Å². The predicted molar refractivity (Wildman–Crippen MR) is 127 cm³/mol. The van der Waals surface area contributed by atoms with Crippen molar-refractivity contribution in [3.63, 3.8) is 0 Å². The summed E-state index contributed by atoms with van der Waals surface area (Å²) in [5.41, 5.74) is 0.606. The number of carbonyl (C=O) groups excluding carboxylic acids is 3. The van der Waals surface area contributed by atoms with Crippen molar-refractivity contribution < 1.29 is 34.2 Å². The Bertz CT molecular complexity index is 876. The highest BCUT2D eigenvalue weighted by Gasteiger charge is 2.31. The molecule has 13 nitrogen and oxygen atoms in total. The Labute approximate surface area is 206 Å².